The van der Waals surface area contributed by atoms with Gasteiger partial charge in [-0.05, 0) is 48.6 Å². The number of nitrogens with two attached hydrogens (primary N) is 1. The first-order valence-electron chi connectivity index (χ1n) is 9.92. The Bertz CT molecular complexity index is 780. The summed E-state index contributed by atoms with van der Waals surface area (Å²) < 4.78 is 5.79. The first-order chi connectivity index (χ1) is 13.3. The van der Waals surface area contributed by atoms with Crippen LogP contribution >= 0.6 is 12.4 Å². The fraction of sp³-hybridized carbons (Fsp3) is 0.435. The van der Waals surface area contributed by atoms with Gasteiger partial charge in [0.05, 0.1) is 6.04 Å². The lowest BCUT2D eigenvalue weighted by Gasteiger charge is -2.44. The second kappa shape index (κ2) is 10.1. The van der Waals surface area contributed by atoms with E-state index in [-0.39, 0.29) is 35.8 Å². The van der Waals surface area contributed by atoms with Crippen molar-refractivity contribution in [2.75, 3.05) is 18.4 Å². The standard InChI is InChI=1S/C23H31N3O2.ClH/c1-17(26-14-13-21(24)23(2,3)16-26)22(27)25-19-9-11-20(12-10-19)28-15-18-7-5-4-6-8-18;/h4-12,17,21H,13-16,24H2,1-3H3,(H,25,27);1H. The number of benzene rings is 2. The highest BCUT2D eigenvalue weighted by Gasteiger charge is 2.36. The Morgan fingerprint density at radius 1 is 1.21 bits per heavy atom. The minimum Gasteiger partial charge on any atom is -0.489 e. The van der Waals surface area contributed by atoms with Crippen molar-refractivity contribution in [2.24, 2.45) is 11.1 Å². The number of rotatable bonds is 6. The second-order valence-electron chi connectivity index (χ2n) is 8.32. The van der Waals surface area contributed by atoms with Crippen LogP contribution in [0.1, 0.15) is 32.8 Å². The molecule has 2 unspecified atom stereocenters. The maximum atomic E-state index is 12.7. The monoisotopic (exact) mass is 417 g/mol. The summed E-state index contributed by atoms with van der Waals surface area (Å²) in [4.78, 5) is 14.9. The Morgan fingerprint density at radius 2 is 1.86 bits per heavy atom. The summed E-state index contributed by atoms with van der Waals surface area (Å²) in [5, 5.41) is 3.01. The SMILES string of the molecule is CC(C(=O)Nc1ccc(OCc2ccccc2)cc1)N1CCC(N)C(C)(C)C1.Cl. The normalized spacial score (nSPS) is 19.7. The van der Waals surface area contributed by atoms with E-state index in [1.807, 2.05) is 61.5 Å². The molecular weight excluding hydrogens is 386 g/mol. The average Bonchev–Trinajstić information content (AvgIpc) is 2.69. The Hall–Kier alpha value is -2.08. The highest BCUT2D eigenvalue weighted by Crippen LogP contribution is 2.29. The molecule has 29 heavy (non-hydrogen) atoms. The summed E-state index contributed by atoms with van der Waals surface area (Å²) >= 11 is 0. The van der Waals surface area contributed by atoms with Gasteiger partial charge in [-0.2, -0.15) is 0 Å². The number of anilines is 1. The minimum atomic E-state index is -0.194. The summed E-state index contributed by atoms with van der Waals surface area (Å²) in [6.45, 7) is 8.50. The third-order valence-corrected chi connectivity index (χ3v) is 5.64. The number of piperidine rings is 1. The molecule has 0 saturated carbocycles. The number of nitrogens with zero attached hydrogens (tertiary/aromatic N) is 1. The van der Waals surface area contributed by atoms with E-state index in [1.165, 1.54) is 0 Å². The molecule has 1 aliphatic rings. The molecule has 0 aromatic heterocycles. The number of hydrogen-bond donors (Lipinski definition) is 2. The van der Waals surface area contributed by atoms with Gasteiger partial charge in [0, 0.05) is 24.8 Å². The van der Waals surface area contributed by atoms with Crippen LogP contribution < -0.4 is 15.8 Å². The zero-order chi connectivity index (χ0) is 20.1. The number of ether oxygens (including phenoxy) is 1. The predicted octanol–water partition coefficient (Wildman–Crippen LogP) is 4.07. The molecule has 1 saturated heterocycles. The molecule has 0 radical (unpaired) electrons. The topological polar surface area (TPSA) is 67.6 Å². The van der Waals surface area contributed by atoms with E-state index in [2.05, 4.69) is 24.1 Å². The number of nitrogens with one attached hydrogen (secondary N) is 1. The van der Waals surface area contributed by atoms with Gasteiger partial charge in [0.25, 0.3) is 0 Å². The van der Waals surface area contributed by atoms with Crippen LogP contribution in [-0.2, 0) is 11.4 Å². The van der Waals surface area contributed by atoms with Crippen molar-refractivity contribution < 1.29 is 9.53 Å². The van der Waals surface area contributed by atoms with Gasteiger partial charge in [0.2, 0.25) is 5.91 Å². The van der Waals surface area contributed by atoms with Crippen LogP contribution in [0.25, 0.3) is 0 Å². The molecule has 1 heterocycles. The van der Waals surface area contributed by atoms with Crippen LogP contribution in [0.2, 0.25) is 0 Å². The lowest BCUT2D eigenvalue weighted by Crippen LogP contribution is -2.56. The molecule has 0 aliphatic carbocycles. The Labute approximate surface area is 180 Å². The van der Waals surface area contributed by atoms with Gasteiger partial charge in [-0.3, -0.25) is 9.69 Å². The van der Waals surface area contributed by atoms with Crippen LogP contribution in [0.5, 0.6) is 5.75 Å². The number of halogens is 1. The van der Waals surface area contributed by atoms with Gasteiger partial charge in [0.15, 0.2) is 0 Å². The Balaban J connectivity index is 0.00000300. The van der Waals surface area contributed by atoms with Crippen molar-refractivity contribution in [3.8, 4) is 5.75 Å². The molecule has 158 valence electrons. The van der Waals surface area contributed by atoms with Crippen molar-refractivity contribution in [1.82, 2.24) is 4.90 Å². The van der Waals surface area contributed by atoms with Crippen molar-refractivity contribution in [3.05, 3.63) is 60.2 Å². The maximum Gasteiger partial charge on any atom is 0.241 e. The summed E-state index contributed by atoms with van der Waals surface area (Å²) in [5.41, 5.74) is 8.13. The van der Waals surface area contributed by atoms with Gasteiger partial charge in [-0.15, -0.1) is 12.4 Å². The third kappa shape index (κ3) is 6.20. The van der Waals surface area contributed by atoms with Gasteiger partial charge < -0.3 is 15.8 Å². The number of carbonyl (C=O) groups is 1. The first-order valence-corrected chi connectivity index (χ1v) is 9.92. The maximum absolute atomic E-state index is 12.7. The van der Waals surface area contributed by atoms with Crippen LogP contribution in [0.3, 0.4) is 0 Å². The zero-order valence-corrected chi connectivity index (χ0v) is 18.2. The molecule has 1 fully saturated rings. The van der Waals surface area contributed by atoms with Gasteiger partial charge in [-0.25, -0.2) is 0 Å². The van der Waals surface area contributed by atoms with E-state index < -0.39 is 0 Å². The van der Waals surface area contributed by atoms with Crippen LogP contribution in [0.15, 0.2) is 54.6 Å². The minimum absolute atomic E-state index is 0. The largest absolute Gasteiger partial charge is 0.489 e. The molecule has 1 aliphatic heterocycles. The summed E-state index contributed by atoms with van der Waals surface area (Å²) in [6.07, 6.45) is 0.915. The molecule has 1 amide bonds. The molecule has 6 heteroatoms. The van der Waals surface area contributed by atoms with Gasteiger partial charge >= 0.3 is 0 Å². The lowest BCUT2D eigenvalue weighted by molar-refractivity contribution is -0.122. The highest BCUT2D eigenvalue weighted by atomic mass is 35.5. The van der Waals surface area contributed by atoms with E-state index in [0.717, 1.165) is 36.5 Å². The molecule has 0 spiro atoms. The fourth-order valence-electron chi connectivity index (χ4n) is 3.53. The number of hydrogen-bond acceptors (Lipinski definition) is 4. The zero-order valence-electron chi connectivity index (χ0n) is 17.4. The van der Waals surface area contributed by atoms with E-state index in [4.69, 9.17) is 10.5 Å². The van der Waals surface area contributed by atoms with Crippen molar-refractivity contribution >= 4 is 24.0 Å². The highest BCUT2D eigenvalue weighted by molar-refractivity contribution is 5.94. The van der Waals surface area contributed by atoms with E-state index >= 15 is 0 Å². The van der Waals surface area contributed by atoms with Crippen molar-refractivity contribution in [3.63, 3.8) is 0 Å². The summed E-state index contributed by atoms with van der Waals surface area (Å²) in [7, 11) is 0. The molecule has 5 nitrogen and oxygen atoms in total. The molecular formula is C23H32ClN3O2. The molecule has 3 rings (SSSR count). The van der Waals surface area contributed by atoms with Crippen molar-refractivity contribution in [2.45, 2.75) is 45.9 Å². The molecule has 2 aromatic carbocycles. The lowest BCUT2D eigenvalue weighted by atomic mass is 9.79. The smallest absolute Gasteiger partial charge is 0.241 e. The van der Waals surface area contributed by atoms with Crippen LogP contribution in [-0.4, -0.2) is 36.0 Å². The Morgan fingerprint density at radius 3 is 2.48 bits per heavy atom. The van der Waals surface area contributed by atoms with E-state index in [9.17, 15) is 4.79 Å². The fourth-order valence-corrected chi connectivity index (χ4v) is 3.53. The van der Waals surface area contributed by atoms with Crippen LogP contribution in [0, 0.1) is 5.41 Å². The number of carbonyl (C=O) groups excluding carboxylic acids is 1. The Kier molecular flexibility index (Phi) is 8.08. The number of amides is 1. The predicted molar refractivity (Wildman–Crippen MR) is 121 cm³/mol. The molecule has 2 atom stereocenters. The number of likely N-dealkylation sites (tertiary alicyclic amines) is 1. The average molecular weight is 418 g/mol. The first kappa shape index (κ1) is 23.2. The van der Waals surface area contributed by atoms with E-state index in [1.54, 1.807) is 0 Å². The third-order valence-electron chi connectivity index (χ3n) is 5.64. The van der Waals surface area contributed by atoms with Crippen molar-refractivity contribution in [1.29, 1.82) is 0 Å². The van der Waals surface area contributed by atoms with Gasteiger partial charge in [-0.1, -0.05) is 44.2 Å². The molecule has 2 aromatic rings. The quantitative estimate of drug-likeness (QED) is 0.743. The van der Waals surface area contributed by atoms with Gasteiger partial charge in [0.1, 0.15) is 12.4 Å². The molecule has 3 N–H and O–H groups in total. The van der Waals surface area contributed by atoms with Crippen LogP contribution in [0.4, 0.5) is 5.69 Å². The summed E-state index contributed by atoms with van der Waals surface area (Å²) in [6, 6.07) is 17.5. The molecule has 0 bridgehead atoms. The van der Waals surface area contributed by atoms with E-state index in [0.29, 0.717) is 6.61 Å². The second-order valence-corrected chi connectivity index (χ2v) is 8.32. The summed E-state index contributed by atoms with van der Waals surface area (Å²) in [5.74, 6) is 0.783.